The van der Waals surface area contributed by atoms with Gasteiger partial charge in [0.1, 0.15) is 16.9 Å². The summed E-state index contributed by atoms with van der Waals surface area (Å²) in [5.41, 5.74) is 1.98. The van der Waals surface area contributed by atoms with Crippen molar-refractivity contribution in [1.29, 1.82) is 0 Å². The van der Waals surface area contributed by atoms with Crippen LogP contribution in [-0.2, 0) is 9.59 Å². The molecule has 1 heterocycles. The van der Waals surface area contributed by atoms with Crippen LogP contribution >= 0.6 is 0 Å². The highest BCUT2D eigenvalue weighted by atomic mass is 16.5. The van der Waals surface area contributed by atoms with Crippen LogP contribution in [0.5, 0.6) is 5.75 Å². The standard InChI is InChI=1S/C19H21N3O4/c1-11(21-10-18(23)20-2)19(24)22-14-9-16-13(8-17(14)25-3)12-6-4-5-7-15(12)26-16/h4-9,11,21H,10H2,1-3H3,(H,20,23)(H,22,24)/p+1/t11-/m0/s1. The molecule has 1 atom stereocenters. The van der Waals surface area contributed by atoms with Gasteiger partial charge in [-0.25, -0.2) is 0 Å². The molecule has 3 rings (SSSR count). The third-order valence-corrected chi connectivity index (χ3v) is 4.31. The van der Waals surface area contributed by atoms with Crippen molar-refractivity contribution in [3.8, 4) is 5.75 Å². The van der Waals surface area contributed by atoms with Crippen molar-refractivity contribution in [3.63, 3.8) is 0 Å². The summed E-state index contributed by atoms with van der Waals surface area (Å²) in [4.78, 5) is 23.8. The number of likely N-dealkylation sites (N-methyl/N-ethyl adjacent to an activating group) is 1. The first-order valence-corrected chi connectivity index (χ1v) is 8.37. The summed E-state index contributed by atoms with van der Waals surface area (Å²) >= 11 is 0. The van der Waals surface area contributed by atoms with Crippen molar-refractivity contribution < 1.29 is 24.1 Å². The van der Waals surface area contributed by atoms with E-state index in [0.717, 1.165) is 16.4 Å². The van der Waals surface area contributed by atoms with E-state index in [4.69, 9.17) is 9.15 Å². The molecule has 2 aromatic carbocycles. The number of carbonyl (C=O) groups excluding carboxylic acids is 2. The zero-order valence-corrected chi connectivity index (χ0v) is 15.0. The van der Waals surface area contributed by atoms with Gasteiger partial charge in [0.2, 0.25) is 0 Å². The average molecular weight is 356 g/mol. The molecule has 1 aromatic heterocycles. The fourth-order valence-corrected chi connectivity index (χ4v) is 2.76. The van der Waals surface area contributed by atoms with E-state index in [-0.39, 0.29) is 18.4 Å². The van der Waals surface area contributed by atoms with E-state index in [2.05, 4.69) is 10.6 Å². The highest BCUT2D eigenvalue weighted by Gasteiger charge is 2.20. The molecule has 7 nitrogen and oxygen atoms in total. The number of rotatable bonds is 6. The molecule has 7 heteroatoms. The lowest BCUT2D eigenvalue weighted by Crippen LogP contribution is -2.93. The minimum absolute atomic E-state index is 0.133. The predicted octanol–water partition coefficient (Wildman–Crippen LogP) is 1.23. The molecule has 0 saturated carbocycles. The number of nitrogens with one attached hydrogen (secondary N) is 2. The number of ether oxygens (including phenoxy) is 1. The van der Waals surface area contributed by atoms with E-state index in [9.17, 15) is 9.59 Å². The molecule has 0 saturated heterocycles. The first kappa shape index (κ1) is 17.8. The quantitative estimate of drug-likeness (QED) is 0.619. The fourth-order valence-electron chi connectivity index (χ4n) is 2.76. The average Bonchev–Trinajstić information content (AvgIpc) is 3.02. The maximum atomic E-state index is 12.4. The predicted molar refractivity (Wildman–Crippen MR) is 99.2 cm³/mol. The first-order chi connectivity index (χ1) is 12.5. The molecule has 0 spiro atoms. The van der Waals surface area contributed by atoms with Crippen molar-refractivity contribution in [2.75, 3.05) is 26.0 Å². The number of fused-ring (bicyclic) bond motifs is 3. The van der Waals surface area contributed by atoms with Crippen LogP contribution in [0.2, 0.25) is 0 Å². The van der Waals surface area contributed by atoms with E-state index < -0.39 is 6.04 Å². The molecule has 2 amide bonds. The van der Waals surface area contributed by atoms with Crippen LogP contribution in [0.25, 0.3) is 21.9 Å². The Bertz CT molecular complexity index is 964. The van der Waals surface area contributed by atoms with Crippen LogP contribution in [0.4, 0.5) is 5.69 Å². The van der Waals surface area contributed by atoms with Crippen LogP contribution in [-0.4, -0.2) is 38.6 Å². The van der Waals surface area contributed by atoms with Gasteiger partial charge >= 0.3 is 0 Å². The Labute approximate surface area is 150 Å². The van der Waals surface area contributed by atoms with Gasteiger partial charge in [0.25, 0.3) is 11.8 Å². The lowest BCUT2D eigenvalue weighted by molar-refractivity contribution is -0.662. The molecule has 136 valence electrons. The first-order valence-electron chi connectivity index (χ1n) is 8.37. The maximum absolute atomic E-state index is 12.4. The molecule has 0 aliphatic carbocycles. The number of furan rings is 1. The summed E-state index contributed by atoms with van der Waals surface area (Å²) in [7, 11) is 3.12. The summed E-state index contributed by atoms with van der Waals surface area (Å²) in [5, 5.41) is 8.96. The number of hydrogen-bond donors (Lipinski definition) is 3. The largest absolute Gasteiger partial charge is 0.495 e. The molecule has 0 aliphatic heterocycles. The van der Waals surface area contributed by atoms with Crippen LogP contribution in [0.15, 0.2) is 40.8 Å². The van der Waals surface area contributed by atoms with Crippen LogP contribution < -0.4 is 20.7 Å². The normalized spacial score (nSPS) is 12.1. The number of methoxy groups -OCH3 is 1. The maximum Gasteiger partial charge on any atom is 0.282 e. The molecular formula is C19H22N3O4+. The van der Waals surface area contributed by atoms with Gasteiger partial charge in [0.05, 0.1) is 12.8 Å². The molecule has 4 N–H and O–H groups in total. The Morgan fingerprint density at radius 3 is 2.69 bits per heavy atom. The van der Waals surface area contributed by atoms with Crippen LogP contribution in [0.1, 0.15) is 6.92 Å². The van der Waals surface area contributed by atoms with Crippen molar-refractivity contribution in [1.82, 2.24) is 5.32 Å². The second kappa shape index (κ2) is 7.45. The molecule has 0 fully saturated rings. The second-order valence-electron chi connectivity index (χ2n) is 6.04. The van der Waals surface area contributed by atoms with E-state index in [1.807, 2.05) is 30.3 Å². The Morgan fingerprint density at radius 1 is 1.19 bits per heavy atom. The summed E-state index contributed by atoms with van der Waals surface area (Å²) in [6, 6.07) is 10.9. The van der Waals surface area contributed by atoms with E-state index >= 15 is 0 Å². The van der Waals surface area contributed by atoms with Gasteiger partial charge in [-0.05, 0) is 19.1 Å². The Morgan fingerprint density at radius 2 is 1.96 bits per heavy atom. The van der Waals surface area contributed by atoms with Gasteiger partial charge in [0, 0.05) is 23.9 Å². The zero-order chi connectivity index (χ0) is 18.7. The summed E-state index contributed by atoms with van der Waals surface area (Å²) in [5.74, 6) is 0.199. The van der Waals surface area contributed by atoms with Gasteiger partial charge in [-0.15, -0.1) is 0 Å². The van der Waals surface area contributed by atoms with Gasteiger partial charge in [-0.2, -0.15) is 0 Å². The van der Waals surface area contributed by atoms with E-state index in [1.165, 1.54) is 0 Å². The third kappa shape index (κ3) is 3.48. The van der Waals surface area contributed by atoms with Gasteiger partial charge < -0.3 is 25.1 Å². The van der Waals surface area contributed by atoms with Crippen molar-refractivity contribution >= 4 is 39.4 Å². The highest BCUT2D eigenvalue weighted by molar-refractivity contribution is 6.08. The second-order valence-corrected chi connectivity index (χ2v) is 6.04. The summed E-state index contributed by atoms with van der Waals surface area (Å²) in [6.07, 6.45) is 0. The number of carbonyl (C=O) groups is 2. The molecular weight excluding hydrogens is 334 g/mol. The lowest BCUT2D eigenvalue weighted by atomic mass is 10.1. The van der Waals surface area contributed by atoms with Gasteiger partial charge in [0.15, 0.2) is 12.6 Å². The molecule has 0 radical (unpaired) electrons. The number of benzene rings is 2. The molecule has 26 heavy (non-hydrogen) atoms. The van der Waals surface area contributed by atoms with Crippen LogP contribution in [0, 0.1) is 0 Å². The molecule has 0 aliphatic rings. The number of nitrogens with two attached hydrogens (primary N) is 1. The number of amides is 2. The number of quaternary nitrogens is 1. The number of anilines is 1. The Hall–Kier alpha value is -3.06. The molecule has 3 aromatic rings. The minimum atomic E-state index is -0.427. The highest BCUT2D eigenvalue weighted by Crippen LogP contribution is 2.36. The fraction of sp³-hybridized carbons (Fsp3) is 0.263. The minimum Gasteiger partial charge on any atom is -0.495 e. The van der Waals surface area contributed by atoms with Crippen molar-refractivity contribution in [2.45, 2.75) is 13.0 Å². The van der Waals surface area contributed by atoms with Crippen molar-refractivity contribution in [3.05, 3.63) is 36.4 Å². The van der Waals surface area contributed by atoms with Crippen molar-refractivity contribution in [2.24, 2.45) is 0 Å². The third-order valence-electron chi connectivity index (χ3n) is 4.31. The monoisotopic (exact) mass is 356 g/mol. The Balaban J connectivity index is 1.85. The number of para-hydroxylation sites is 1. The zero-order valence-electron chi connectivity index (χ0n) is 15.0. The molecule has 0 unspecified atom stereocenters. The van der Waals surface area contributed by atoms with Gasteiger partial charge in [-0.3, -0.25) is 9.59 Å². The van der Waals surface area contributed by atoms with Crippen LogP contribution in [0.3, 0.4) is 0 Å². The number of hydrogen-bond acceptors (Lipinski definition) is 4. The summed E-state index contributed by atoms with van der Waals surface area (Å²) < 4.78 is 11.3. The molecule has 0 bridgehead atoms. The lowest BCUT2D eigenvalue weighted by Gasteiger charge is -2.13. The smallest absolute Gasteiger partial charge is 0.282 e. The van der Waals surface area contributed by atoms with Gasteiger partial charge in [-0.1, -0.05) is 18.2 Å². The van der Waals surface area contributed by atoms with E-state index in [0.29, 0.717) is 17.0 Å². The Kier molecular flexibility index (Phi) is 5.09. The topological polar surface area (TPSA) is 97.2 Å². The SMILES string of the molecule is CNC(=O)C[NH2+][C@@H](C)C(=O)Nc1cc2oc3ccccc3c2cc1OC. The summed E-state index contributed by atoms with van der Waals surface area (Å²) in [6.45, 7) is 1.93. The van der Waals surface area contributed by atoms with E-state index in [1.54, 1.807) is 32.5 Å².